The van der Waals surface area contributed by atoms with Gasteiger partial charge in [-0.25, -0.2) is 14.0 Å². The van der Waals surface area contributed by atoms with Crippen molar-refractivity contribution in [1.29, 1.82) is 0 Å². The van der Waals surface area contributed by atoms with E-state index in [1.54, 1.807) is 32.9 Å². The summed E-state index contributed by atoms with van der Waals surface area (Å²) in [7, 11) is 0. The third-order valence-electron chi connectivity index (χ3n) is 7.50. The van der Waals surface area contributed by atoms with Crippen molar-refractivity contribution in [2.45, 2.75) is 63.6 Å². The standard InChI is InChI=1S/C33H35FN2O5/c1-33(2,3)41-31(38)29-13-8-18-36(29)30(37)28(19-21-14-16-22(34)17-15-21)35-32(39)40-20-27-25-11-6-4-9-23(25)24-10-5-7-12-26(24)27/h4-7,9-12,14-17,27-29H,8,13,18-20H2,1-3H3,(H,35,39)/t28-,29-/m0/s1. The van der Waals surface area contributed by atoms with Gasteiger partial charge in [-0.1, -0.05) is 60.7 Å². The van der Waals surface area contributed by atoms with Crippen molar-refractivity contribution in [3.8, 4) is 11.1 Å². The van der Waals surface area contributed by atoms with Crippen LogP contribution in [0.4, 0.5) is 9.18 Å². The molecule has 0 unspecified atom stereocenters. The van der Waals surface area contributed by atoms with Crippen molar-refractivity contribution in [2.24, 2.45) is 0 Å². The molecular weight excluding hydrogens is 523 g/mol. The second kappa shape index (κ2) is 11.7. The Balaban J connectivity index is 1.32. The highest BCUT2D eigenvalue weighted by atomic mass is 19.1. The van der Waals surface area contributed by atoms with Gasteiger partial charge in [-0.3, -0.25) is 4.79 Å². The molecule has 0 aromatic heterocycles. The number of nitrogens with zero attached hydrogens (tertiary/aromatic N) is 1. The number of rotatable bonds is 7. The number of carbonyl (C=O) groups is 3. The van der Waals surface area contributed by atoms with Gasteiger partial charge in [0.05, 0.1) is 0 Å². The van der Waals surface area contributed by atoms with Crippen LogP contribution in [0, 0.1) is 5.82 Å². The predicted octanol–water partition coefficient (Wildman–Crippen LogP) is 5.61. The predicted molar refractivity (Wildman–Crippen MR) is 153 cm³/mol. The minimum Gasteiger partial charge on any atom is -0.458 e. The van der Waals surface area contributed by atoms with Crippen molar-refractivity contribution in [2.75, 3.05) is 13.2 Å². The van der Waals surface area contributed by atoms with Crippen LogP contribution in [-0.4, -0.2) is 53.7 Å². The van der Waals surface area contributed by atoms with E-state index < -0.39 is 41.5 Å². The number of fused-ring (bicyclic) bond motifs is 3. The zero-order valence-electron chi connectivity index (χ0n) is 23.6. The van der Waals surface area contributed by atoms with Gasteiger partial charge in [0, 0.05) is 18.9 Å². The molecule has 5 rings (SSSR count). The molecule has 0 radical (unpaired) electrons. The molecule has 1 heterocycles. The number of ether oxygens (including phenoxy) is 2. The van der Waals surface area contributed by atoms with E-state index in [9.17, 15) is 18.8 Å². The molecule has 8 heteroatoms. The molecule has 214 valence electrons. The zero-order chi connectivity index (χ0) is 29.1. The maximum Gasteiger partial charge on any atom is 0.407 e. The Bertz CT molecular complexity index is 1390. The molecule has 0 spiro atoms. The number of nitrogens with one attached hydrogen (secondary N) is 1. The van der Waals surface area contributed by atoms with Gasteiger partial charge in [-0.05, 0) is 73.6 Å². The van der Waals surface area contributed by atoms with Gasteiger partial charge in [-0.15, -0.1) is 0 Å². The fraction of sp³-hybridized carbons (Fsp3) is 0.364. The Kier molecular flexibility index (Phi) is 8.10. The van der Waals surface area contributed by atoms with Crippen molar-refractivity contribution >= 4 is 18.0 Å². The summed E-state index contributed by atoms with van der Waals surface area (Å²) in [6, 6.07) is 20.1. The van der Waals surface area contributed by atoms with Crippen LogP contribution >= 0.6 is 0 Å². The molecule has 0 saturated carbocycles. The van der Waals surface area contributed by atoms with Gasteiger partial charge in [0.15, 0.2) is 0 Å². The van der Waals surface area contributed by atoms with Crippen LogP contribution in [0.3, 0.4) is 0 Å². The van der Waals surface area contributed by atoms with Crippen LogP contribution in [0.15, 0.2) is 72.8 Å². The summed E-state index contributed by atoms with van der Waals surface area (Å²) in [5, 5.41) is 2.74. The fourth-order valence-electron chi connectivity index (χ4n) is 5.68. The average molecular weight is 559 g/mol. The first-order valence-corrected chi connectivity index (χ1v) is 14.0. The van der Waals surface area contributed by atoms with Crippen molar-refractivity contribution < 1.29 is 28.2 Å². The molecule has 2 amide bonds. The second-order valence-electron chi connectivity index (χ2n) is 11.6. The first kappa shape index (κ1) is 28.3. The number of esters is 1. The third kappa shape index (κ3) is 6.42. The van der Waals surface area contributed by atoms with E-state index in [1.165, 1.54) is 17.0 Å². The molecule has 1 aliphatic carbocycles. The van der Waals surface area contributed by atoms with E-state index in [4.69, 9.17) is 9.47 Å². The molecular formula is C33H35FN2O5. The smallest absolute Gasteiger partial charge is 0.407 e. The molecule has 1 fully saturated rings. The number of benzene rings is 3. The number of amides is 2. The zero-order valence-corrected chi connectivity index (χ0v) is 23.6. The third-order valence-corrected chi connectivity index (χ3v) is 7.50. The van der Waals surface area contributed by atoms with Gasteiger partial charge >= 0.3 is 12.1 Å². The van der Waals surface area contributed by atoms with Crippen molar-refractivity contribution in [3.63, 3.8) is 0 Å². The first-order valence-electron chi connectivity index (χ1n) is 14.0. The van der Waals surface area contributed by atoms with Gasteiger partial charge in [0.25, 0.3) is 0 Å². The Morgan fingerprint density at radius 1 is 0.951 bits per heavy atom. The molecule has 2 aliphatic rings. The van der Waals surface area contributed by atoms with Crippen LogP contribution < -0.4 is 5.32 Å². The minimum absolute atomic E-state index is 0.0988. The summed E-state index contributed by atoms with van der Waals surface area (Å²) in [6.45, 7) is 5.81. The highest BCUT2D eigenvalue weighted by Crippen LogP contribution is 2.44. The van der Waals surface area contributed by atoms with Crippen LogP contribution in [-0.2, 0) is 25.5 Å². The molecule has 1 N–H and O–H groups in total. The van der Waals surface area contributed by atoms with E-state index in [0.717, 1.165) is 22.3 Å². The van der Waals surface area contributed by atoms with Crippen LogP contribution in [0.25, 0.3) is 11.1 Å². The average Bonchev–Trinajstić information content (AvgIpc) is 3.55. The van der Waals surface area contributed by atoms with Gasteiger partial charge in [0.2, 0.25) is 5.91 Å². The number of hydrogen-bond donors (Lipinski definition) is 1. The molecule has 41 heavy (non-hydrogen) atoms. The molecule has 3 aromatic rings. The highest BCUT2D eigenvalue weighted by molar-refractivity contribution is 5.90. The lowest BCUT2D eigenvalue weighted by Gasteiger charge is -2.30. The SMILES string of the molecule is CC(C)(C)OC(=O)[C@@H]1CCCN1C(=O)[C@H](Cc1ccc(F)cc1)NC(=O)OCC1c2ccccc2-c2ccccc21. The molecule has 1 saturated heterocycles. The summed E-state index contributed by atoms with van der Waals surface area (Å²) in [5.74, 6) is -1.40. The van der Waals surface area contributed by atoms with Crippen molar-refractivity contribution in [3.05, 3.63) is 95.3 Å². The second-order valence-corrected chi connectivity index (χ2v) is 11.6. The molecule has 0 bridgehead atoms. The summed E-state index contributed by atoms with van der Waals surface area (Å²) < 4.78 is 24.8. The summed E-state index contributed by atoms with van der Waals surface area (Å²) in [6.07, 6.45) is 0.500. The van der Waals surface area contributed by atoms with Crippen molar-refractivity contribution in [1.82, 2.24) is 10.2 Å². The van der Waals surface area contributed by atoms with E-state index in [-0.39, 0.29) is 18.9 Å². The number of hydrogen-bond acceptors (Lipinski definition) is 5. The Morgan fingerprint density at radius 2 is 1.56 bits per heavy atom. The van der Waals surface area contributed by atoms with E-state index in [0.29, 0.717) is 24.9 Å². The summed E-state index contributed by atoms with van der Waals surface area (Å²) in [4.78, 5) is 41.3. The lowest BCUT2D eigenvalue weighted by atomic mass is 9.98. The van der Waals surface area contributed by atoms with Gasteiger partial charge < -0.3 is 19.7 Å². The normalized spacial score (nSPS) is 17.0. The van der Waals surface area contributed by atoms with E-state index >= 15 is 0 Å². The van der Waals surface area contributed by atoms with Crippen LogP contribution in [0.1, 0.15) is 56.2 Å². The maximum atomic E-state index is 13.8. The topological polar surface area (TPSA) is 84.9 Å². The lowest BCUT2D eigenvalue weighted by Crippen LogP contribution is -2.53. The number of alkyl carbamates (subject to hydrolysis) is 1. The van der Waals surface area contributed by atoms with Crippen LogP contribution in [0.5, 0.6) is 0 Å². The quantitative estimate of drug-likeness (QED) is 0.381. The Labute approximate surface area is 239 Å². The fourth-order valence-corrected chi connectivity index (χ4v) is 5.68. The molecule has 2 atom stereocenters. The number of halogens is 1. The van der Waals surface area contributed by atoms with Gasteiger partial charge in [-0.2, -0.15) is 0 Å². The number of carbonyl (C=O) groups excluding carboxylic acids is 3. The lowest BCUT2D eigenvalue weighted by molar-refractivity contribution is -0.163. The molecule has 1 aliphatic heterocycles. The largest absolute Gasteiger partial charge is 0.458 e. The Hall–Kier alpha value is -4.20. The van der Waals surface area contributed by atoms with E-state index in [2.05, 4.69) is 17.4 Å². The minimum atomic E-state index is -1.01. The highest BCUT2D eigenvalue weighted by Gasteiger charge is 2.40. The van der Waals surface area contributed by atoms with Crippen LogP contribution in [0.2, 0.25) is 0 Å². The van der Waals surface area contributed by atoms with E-state index in [1.807, 2.05) is 36.4 Å². The summed E-state index contributed by atoms with van der Waals surface area (Å²) in [5.41, 5.74) is 4.36. The molecule has 7 nitrogen and oxygen atoms in total. The first-order chi connectivity index (χ1) is 19.6. The summed E-state index contributed by atoms with van der Waals surface area (Å²) >= 11 is 0. The maximum absolute atomic E-state index is 13.8. The molecule has 3 aromatic carbocycles. The van der Waals surface area contributed by atoms with Gasteiger partial charge in [0.1, 0.15) is 30.1 Å². The number of likely N-dealkylation sites (tertiary alicyclic amines) is 1. The Morgan fingerprint density at radius 3 is 2.17 bits per heavy atom. The monoisotopic (exact) mass is 558 g/mol.